The molecular formula is C10H20N2O2Si. The minimum atomic E-state index is -1.42. The molecule has 0 rings (SSSR count). The highest BCUT2D eigenvalue weighted by molar-refractivity contribution is 6.82. The van der Waals surface area contributed by atoms with Gasteiger partial charge in [0.1, 0.15) is 0 Å². The molecule has 0 N–H and O–H groups in total. The molecule has 0 aliphatic rings. The minimum Gasteiger partial charge on any atom is -0.454 e. The Kier molecular flexibility index (Phi) is 6.91. The number of nitrogens with zero attached hydrogens (tertiary/aromatic N) is 2. The predicted octanol–water partition coefficient (Wildman–Crippen LogP) is 2.34. The molecule has 0 saturated heterocycles. The summed E-state index contributed by atoms with van der Waals surface area (Å²) in [5, 5.41) is 0. The van der Waals surface area contributed by atoms with Gasteiger partial charge in [-0.3, -0.25) is 4.79 Å². The van der Waals surface area contributed by atoms with Crippen LogP contribution in [0.3, 0.4) is 0 Å². The van der Waals surface area contributed by atoms with Crippen molar-refractivity contribution in [1.82, 2.24) is 0 Å². The first kappa shape index (κ1) is 14.1. The van der Waals surface area contributed by atoms with Crippen molar-refractivity contribution in [3.8, 4) is 0 Å². The van der Waals surface area contributed by atoms with Crippen molar-refractivity contribution >= 4 is 20.3 Å². The average molecular weight is 228 g/mol. The second-order valence-corrected chi connectivity index (χ2v) is 9.19. The van der Waals surface area contributed by atoms with Crippen LogP contribution in [0.5, 0.6) is 0 Å². The van der Waals surface area contributed by atoms with Gasteiger partial charge in [-0.1, -0.05) is 38.9 Å². The van der Waals surface area contributed by atoms with Crippen molar-refractivity contribution in [3.63, 3.8) is 0 Å². The van der Waals surface area contributed by atoms with E-state index >= 15 is 0 Å². The summed E-state index contributed by atoms with van der Waals surface area (Å²) in [6, 6.07) is 3.92. The molecule has 15 heavy (non-hydrogen) atoms. The first-order chi connectivity index (χ1) is 7.14. The van der Waals surface area contributed by atoms with E-state index in [1.54, 1.807) is 0 Å². The van der Waals surface area contributed by atoms with E-state index in [1.165, 1.54) is 6.21 Å². The third-order valence-electron chi connectivity index (χ3n) is 3.17. The lowest BCUT2D eigenvalue weighted by Gasteiger charge is -2.26. The zero-order valence-corrected chi connectivity index (χ0v) is 10.8. The second-order valence-electron chi connectivity index (χ2n) is 3.72. The number of hydrogen-bond acceptors (Lipinski definition) is 2. The van der Waals surface area contributed by atoms with Gasteiger partial charge in [0.2, 0.25) is 0 Å². The van der Waals surface area contributed by atoms with Gasteiger partial charge in [0.25, 0.3) is 6.21 Å². The highest BCUT2D eigenvalue weighted by atomic mass is 28.3. The smallest absolute Gasteiger partial charge is 0.303 e. The van der Waals surface area contributed by atoms with E-state index < -0.39 is 8.07 Å². The van der Waals surface area contributed by atoms with Crippen molar-refractivity contribution in [3.05, 3.63) is 5.53 Å². The number of rotatable bonds is 7. The van der Waals surface area contributed by atoms with E-state index in [1.807, 2.05) is 0 Å². The van der Waals surface area contributed by atoms with Crippen LogP contribution in [0.25, 0.3) is 5.53 Å². The van der Waals surface area contributed by atoms with Crippen LogP contribution in [0.15, 0.2) is 0 Å². The molecule has 0 aliphatic heterocycles. The van der Waals surface area contributed by atoms with Gasteiger partial charge >= 0.3 is 5.97 Å². The summed E-state index contributed by atoms with van der Waals surface area (Å²) < 4.78 is 4.93. The third kappa shape index (κ3) is 4.90. The highest BCUT2D eigenvalue weighted by Gasteiger charge is 2.30. The molecule has 5 heteroatoms. The van der Waals surface area contributed by atoms with Crippen LogP contribution in [0, 0.1) is 0 Å². The van der Waals surface area contributed by atoms with Crippen molar-refractivity contribution in [2.24, 2.45) is 0 Å². The zero-order valence-electron chi connectivity index (χ0n) is 9.82. The van der Waals surface area contributed by atoms with E-state index in [2.05, 4.69) is 25.6 Å². The quantitative estimate of drug-likeness (QED) is 0.221. The van der Waals surface area contributed by atoms with Gasteiger partial charge in [0.15, 0.2) is 6.61 Å². The fourth-order valence-electron chi connectivity index (χ4n) is 1.65. The standard InChI is InChI=1S/C10H20N2O2Si/c1-4-15(5-2,6-3)9-10(13)14-8-7-12-11/h7H,4-6,8-9H2,1-3H3. The highest BCUT2D eigenvalue weighted by Crippen LogP contribution is 2.25. The molecule has 0 amide bonds. The number of ether oxygens (including phenoxy) is 1. The molecule has 86 valence electrons. The maximum absolute atomic E-state index is 11.5. The molecule has 0 bridgehead atoms. The van der Waals surface area contributed by atoms with Gasteiger partial charge in [-0.05, 0) is 0 Å². The summed E-state index contributed by atoms with van der Waals surface area (Å²) in [7, 11) is -1.42. The lowest BCUT2D eigenvalue weighted by atomic mass is 10.7. The second kappa shape index (κ2) is 7.37. The lowest BCUT2D eigenvalue weighted by Crippen LogP contribution is -2.34. The van der Waals surface area contributed by atoms with E-state index in [4.69, 9.17) is 10.3 Å². The normalized spacial score (nSPS) is 10.6. The summed E-state index contributed by atoms with van der Waals surface area (Å²) in [6.45, 7) is 6.53. The summed E-state index contributed by atoms with van der Waals surface area (Å²) in [5.74, 6) is -0.160. The Hall–Kier alpha value is -0.933. The average Bonchev–Trinajstić information content (AvgIpc) is 2.26. The van der Waals surface area contributed by atoms with Crippen LogP contribution in [0.2, 0.25) is 24.2 Å². The molecular weight excluding hydrogens is 208 g/mol. The number of carbonyl (C=O) groups excluding carboxylic acids is 1. The van der Waals surface area contributed by atoms with Gasteiger partial charge in [-0.15, -0.1) is 0 Å². The van der Waals surface area contributed by atoms with Crippen LogP contribution in [0.4, 0.5) is 0 Å². The Bertz CT molecular complexity index is 238. The van der Waals surface area contributed by atoms with E-state index in [9.17, 15) is 4.79 Å². The van der Waals surface area contributed by atoms with Crippen LogP contribution < -0.4 is 0 Å². The van der Waals surface area contributed by atoms with Crippen molar-refractivity contribution in [2.45, 2.75) is 44.9 Å². The fourth-order valence-corrected chi connectivity index (χ4v) is 4.61. The maximum Gasteiger partial charge on any atom is 0.303 e. The molecule has 0 aromatic heterocycles. The van der Waals surface area contributed by atoms with Crippen molar-refractivity contribution in [1.29, 1.82) is 0 Å². The summed E-state index contributed by atoms with van der Waals surface area (Å²) in [6.07, 6.45) is 1.17. The van der Waals surface area contributed by atoms with E-state index in [0.717, 1.165) is 18.1 Å². The minimum absolute atomic E-state index is 0.0664. The number of carbonyl (C=O) groups is 1. The summed E-state index contributed by atoms with van der Waals surface area (Å²) in [4.78, 5) is 14.3. The molecule has 0 fully saturated rings. The molecule has 0 heterocycles. The maximum atomic E-state index is 11.5. The SMILES string of the molecule is CC[Si](CC)(CC)CC(=O)OCC=[N+]=[N-]. The van der Waals surface area contributed by atoms with Crippen molar-refractivity contribution in [2.75, 3.05) is 6.61 Å². The predicted molar refractivity (Wildman–Crippen MR) is 62.6 cm³/mol. The largest absolute Gasteiger partial charge is 0.454 e. The first-order valence-corrected chi connectivity index (χ1v) is 8.28. The number of esters is 1. The lowest BCUT2D eigenvalue weighted by molar-refractivity contribution is -0.140. The molecule has 0 aromatic carbocycles. The zero-order chi connectivity index (χ0) is 11.7. The Morgan fingerprint density at radius 2 is 1.87 bits per heavy atom. The molecule has 0 spiro atoms. The van der Waals surface area contributed by atoms with Gasteiger partial charge in [-0.25, -0.2) is 0 Å². The summed E-state index contributed by atoms with van der Waals surface area (Å²) >= 11 is 0. The Labute approximate surface area is 92.3 Å². The van der Waals surface area contributed by atoms with Crippen molar-refractivity contribution < 1.29 is 14.3 Å². The van der Waals surface area contributed by atoms with Gasteiger partial charge < -0.3 is 10.3 Å². The first-order valence-electron chi connectivity index (χ1n) is 5.45. The Morgan fingerprint density at radius 3 is 2.27 bits per heavy atom. The molecule has 0 saturated carbocycles. The molecule has 0 atom stereocenters. The van der Waals surface area contributed by atoms with Crippen LogP contribution in [0.1, 0.15) is 20.8 Å². The molecule has 4 nitrogen and oxygen atoms in total. The molecule has 0 aliphatic carbocycles. The molecule has 0 aromatic rings. The van der Waals surface area contributed by atoms with Crippen LogP contribution in [-0.2, 0) is 9.53 Å². The molecule has 0 radical (unpaired) electrons. The van der Waals surface area contributed by atoms with Gasteiger partial charge in [-0.2, -0.15) is 4.79 Å². The Balaban J connectivity index is 4.16. The van der Waals surface area contributed by atoms with E-state index in [-0.39, 0.29) is 12.6 Å². The monoisotopic (exact) mass is 228 g/mol. The van der Waals surface area contributed by atoms with Gasteiger partial charge in [0.05, 0.1) is 8.07 Å². The molecule has 0 unspecified atom stereocenters. The Morgan fingerprint density at radius 1 is 1.33 bits per heavy atom. The van der Waals surface area contributed by atoms with E-state index in [0.29, 0.717) is 6.04 Å². The fraction of sp³-hybridized carbons (Fsp3) is 0.800. The summed E-state index contributed by atoms with van der Waals surface area (Å²) in [5.41, 5.74) is 8.14. The van der Waals surface area contributed by atoms with Gasteiger partial charge in [0, 0.05) is 6.04 Å². The third-order valence-corrected chi connectivity index (χ3v) is 8.71. The topological polar surface area (TPSA) is 62.7 Å². The van der Waals surface area contributed by atoms with Crippen LogP contribution in [-0.4, -0.2) is 31.7 Å². The van der Waals surface area contributed by atoms with Crippen LogP contribution >= 0.6 is 0 Å². The number of hydrogen-bond donors (Lipinski definition) is 0.